The Bertz CT molecular complexity index is 223. The summed E-state index contributed by atoms with van der Waals surface area (Å²) in [5.74, 6) is 0.0601. The molecule has 0 aliphatic carbocycles. The molecule has 16 heavy (non-hydrogen) atoms. The Morgan fingerprint density at radius 3 is 3.06 bits per heavy atom. The second-order valence-corrected chi connectivity index (χ2v) is 4.43. The van der Waals surface area contributed by atoms with Gasteiger partial charge in [-0.2, -0.15) is 0 Å². The van der Waals surface area contributed by atoms with E-state index in [1.807, 2.05) is 6.92 Å². The Labute approximate surface area is 97.3 Å². The van der Waals surface area contributed by atoms with Crippen LogP contribution in [0, 0.1) is 0 Å². The highest BCUT2D eigenvalue weighted by molar-refractivity contribution is 5.78. The van der Waals surface area contributed by atoms with Crippen LogP contribution in [0.3, 0.4) is 0 Å². The first-order chi connectivity index (χ1) is 7.67. The molecule has 0 spiro atoms. The maximum absolute atomic E-state index is 11.7. The van der Waals surface area contributed by atoms with Gasteiger partial charge >= 0.3 is 0 Å². The van der Waals surface area contributed by atoms with Gasteiger partial charge in [0.05, 0.1) is 13.2 Å². The maximum atomic E-state index is 11.7. The molecule has 0 aromatic rings. The zero-order valence-corrected chi connectivity index (χ0v) is 10.2. The summed E-state index contributed by atoms with van der Waals surface area (Å²) in [6.07, 6.45) is 2.25. The molecule has 5 heteroatoms. The van der Waals surface area contributed by atoms with Gasteiger partial charge in [-0.3, -0.25) is 9.69 Å². The Morgan fingerprint density at radius 2 is 2.44 bits per heavy atom. The number of hydrogen-bond acceptors (Lipinski definition) is 4. The normalized spacial score (nSPS) is 23.3. The van der Waals surface area contributed by atoms with Crippen LogP contribution in [0.4, 0.5) is 0 Å². The molecule has 0 saturated carbocycles. The van der Waals surface area contributed by atoms with Crippen molar-refractivity contribution in [1.29, 1.82) is 0 Å². The first-order valence-electron chi connectivity index (χ1n) is 5.89. The van der Waals surface area contributed by atoms with Crippen molar-refractivity contribution in [2.75, 3.05) is 33.4 Å². The molecule has 0 radical (unpaired) electrons. The van der Waals surface area contributed by atoms with E-state index in [4.69, 9.17) is 10.5 Å². The van der Waals surface area contributed by atoms with Crippen LogP contribution in [0.1, 0.15) is 19.8 Å². The van der Waals surface area contributed by atoms with Gasteiger partial charge in [0.25, 0.3) is 0 Å². The summed E-state index contributed by atoms with van der Waals surface area (Å²) in [6, 6.07) is 0.444. The van der Waals surface area contributed by atoms with Crippen molar-refractivity contribution in [2.45, 2.75) is 31.8 Å². The van der Waals surface area contributed by atoms with E-state index in [1.54, 1.807) is 7.11 Å². The lowest BCUT2D eigenvalue weighted by Gasteiger charge is -2.23. The first kappa shape index (κ1) is 13.4. The third-order valence-corrected chi connectivity index (χ3v) is 2.94. The molecule has 1 aliphatic rings. The van der Waals surface area contributed by atoms with Crippen molar-refractivity contribution >= 4 is 5.91 Å². The number of nitrogens with one attached hydrogen (secondary N) is 1. The molecule has 1 aliphatic heterocycles. The number of amides is 1. The maximum Gasteiger partial charge on any atom is 0.234 e. The topological polar surface area (TPSA) is 67.6 Å². The Kier molecular flexibility index (Phi) is 5.73. The average Bonchev–Trinajstić information content (AvgIpc) is 2.65. The monoisotopic (exact) mass is 229 g/mol. The van der Waals surface area contributed by atoms with Crippen LogP contribution < -0.4 is 11.1 Å². The van der Waals surface area contributed by atoms with Gasteiger partial charge in [-0.05, 0) is 26.3 Å². The predicted octanol–water partition coefficient (Wildman–Crippen LogP) is -0.439. The van der Waals surface area contributed by atoms with Crippen molar-refractivity contribution in [3.63, 3.8) is 0 Å². The quantitative estimate of drug-likeness (QED) is 0.648. The number of methoxy groups -OCH3 is 1. The van der Waals surface area contributed by atoms with Gasteiger partial charge < -0.3 is 15.8 Å². The van der Waals surface area contributed by atoms with Gasteiger partial charge in [0.2, 0.25) is 5.91 Å². The van der Waals surface area contributed by atoms with E-state index in [9.17, 15) is 4.79 Å². The zero-order valence-electron chi connectivity index (χ0n) is 10.2. The van der Waals surface area contributed by atoms with Crippen molar-refractivity contribution in [2.24, 2.45) is 5.73 Å². The summed E-state index contributed by atoms with van der Waals surface area (Å²) < 4.78 is 4.97. The highest BCUT2D eigenvalue weighted by atomic mass is 16.5. The van der Waals surface area contributed by atoms with Gasteiger partial charge in [-0.15, -0.1) is 0 Å². The van der Waals surface area contributed by atoms with Crippen molar-refractivity contribution in [3.05, 3.63) is 0 Å². The van der Waals surface area contributed by atoms with Crippen LogP contribution in [0.25, 0.3) is 0 Å². The smallest absolute Gasteiger partial charge is 0.234 e. The number of carbonyl (C=O) groups is 1. The van der Waals surface area contributed by atoms with Crippen LogP contribution in [-0.4, -0.2) is 56.2 Å². The molecule has 3 N–H and O–H groups in total. The van der Waals surface area contributed by atoms with E-state index in [2.05, 4.69) is 10.2 Å². The fourth-order valence-electron chi connectivity index (χ4n) is 2.17. The molecule has 94 valence electrons. The number of hydrogen-bond donors (Lipinski definition) is 2. The third kappa shape index (κ3) is 4.08. The lowest BCUT2D eigenvalue weighted by Crippen LogP contribution is -2.45. The summed E-state index contributed by atoms with van der Waals surface area (Å²) in [5.41, 5.74) is 5.66. The summed E-state index contributed by atoms with van der Waals surface area (Å²) in [4.78, 5) is 13.9. The molecule has 2 unspecified atom stereocenters. The third-order valence-electron chi connectivity index (χ3n) is 2.94. The van der Waals surface area contributed by atoms with Crippen LogP contribution >= 0.6 is 0 Å². The Morgan fingerprint density at radius 1 is 1.69 bits per heavy atom. The molecular weight excluding hydrogens is 206 g/mol. The predicted molar refractivity (Wildman–Crippen MR) is 63.1 cm³/mol. The van der Waals surface area contributed by atoms with Gasteiger partial charge in [0.15, 0.2) is 0 Å². The number of rotatable bonds is 6. The second kappa shape index (κ2) is 6.83. The van der Waals surface area contributed by atoms with Gasteiger partial charge in [0, 0.05) is 25.7 Å². The molecule has 1 rings (SSSR count). The van der Waals surface area contributed by atoms with E-state index in [0.717, 1.165) is 19.4 Å². The molecule has 1 saturated heterocycles. The fraction of sp³-hybridized carbons (Fsp3) is 0.909. The largest absolute Gasteiger partial charge is 0.383 e. The summed E-state index contributed by atoms with van der Waals surface area (Å²) in [7, 11) is 1.63. The molecule has 0 aromatic heterocycles. The molecule has 1 amide bonds. The van der Waals surface area contributed by atoms with E-state index < -0.39 is 0 Å². The number of nitrogens with zero attached hydrogens (tertiary/aromatic N) is 1. The number of nitrogens with two attached hydrogens (primary N) is 1. The van der Waals surface area contributed by atoms with E-state index >= 15 is 0 Å². The molecule has 0 aromatic carbocycles. The fourth-order valence-corrected chi connectivity index (χ4v) is 2.17. The van der Waals surface area contributed by atoms with Crippen molar-refractivity contribution in [1.82, 2.24) is 10.2 Å². The summed E-state index contributed by atoms with van der Waals surface area (Å²) in [6.45, 7) is 4.56. The number of ether oxygens (including phenoxy) is 1. The second-order valence-electron chi connectivity index (χ2n) is 4.43. The first-order valence-corrected chi connectivity index (χ1v) is 5.89. The van der Waals surface area contributed by atoms with Gasteiger partial charge in [0.1, 0.15) is 0 Å². The molecule has 1 heterocycles. The number of likely N-dealkylation sites (tertiary alicyclic amines) is 1. The van der Waals surface area contributed by atoms with Crippen LogP contribution in [0.2, 0.25) is 0 Å². The molecule has 5 nitrogen and oxygen atoms in total. The minimum atomic E-state index is 0.0601. The molecule has 0 bridgehead atoms. The highest BCUT2D eigenvalue weighted by Gasteiger charge is 2.25. The minimum absolute atomic E-state index is 0.0601. The van der Waals surface area contributed by atoms with Crippen molar-refractivity contribution < 1.29 is 9.53 Å². The average molecular weight is 229 g/mol. The minimum Gasteiger partial charge on any atom is -0.383 e. The van der Waals surface area contributed by atoms with Gasteiger partial charge in [-0.1, -0.05) is 0 Å². The number of carbonyl (C=O) groups excluding carboxylic acids is 1. The molecular formula is C11H23N3O2. The van der Waals surface area contributed by atoms with Crippen LogP contribution in [-0.2, 0) is 9.53 Å². The lowest BCUT2D eigenvalue weighted by atomic mass is 10.2. The van der Waals surface area contributed by atoms with E-state index in [0.29, 0.717) is 25.7 Å². The lowest BCUT2D eigenvalue weighted by molar-refractivity contribution is -0.123. The van der Waals surface area contributed by atoms with E-state index in [1.165, 1.54) is 0 Å². The van der Waals surface area contributed by atoms with Crippen LogP contribution in [0.15, 0.2) is 0 Å². The highest BCUT2D eigenvalue weighted by Crippen LogP contribution is 2.15. The van der Waals surface area contributed by atoms with Crippen LogP contribution in [0.5, 0.6) is 0 Å². The summed E-state index contributed by atoms with van der Waals surface area (Å²) in [5, 5.41) is 2.91. The zero-order chi connectivity index (χ0) is 12.0. The Balaban J connectivity index is 2.28. The standard InChI is InChI=1S/C11H23N3O2/c1-9(8-16-2)13-11(15)7-14-5-3-4-10(14)6-12/h9-10H,3-8,12H2,1-2H3,(H,13,15). The van der Waals surface area contributed by atoms with Gasteiger partial charge in [-0.25, -0.2) is 0 Å². The Hall–Kier alpha value is -0.650. The van der Waals surface area contributed by atoms with E-state index in [-0.39, 0.29) is 11.9 Å². The molecule has 2 atom stereocenters. The molecule has 1 fully saturated rings. The SMILES string of the molecule is COCC(C)NC(=O)CN1CCCC1CN. The summed E-state index contributed by atoms with van der Waals surface area (Å²) >= 11 is 0. The van der Waals surface area contributed by atoms with Crippen molar-refractivity contribution in [3.8, 4) is 0 Å².